The molecule has 60 heavy (non-hydrogen) atoms. The van der Waals surface area contributed by atoms with Crippen molar-refractivity contribution in [3.63, 3.8) is 0 Å². The number of aromatic nitrogens is 2. The van der Waals surface area contributed by atoms with E-state index in [4.69, 9.17) is 18.9 Å². The first-order chi connectivity index (χ1) is 29.0. The molecule has 4 heterocycles. The van der Waals surface area contributed by atoms with Crippen molar-refractivity contribution in [3.05, 3.63) is 163 Å². The number of benzene rings is 4. The van der Waals surface area contributed by atoms with Gasteiger partial charge < -0.3 is 38.3 Å². The van der Waals surface area contributed by atoms with Gasteiger partial charge in [0.05, 0.1) is 25.6 Å². The summed E-state index contributed by atoms with van der Waals surface area (Å²) in [6.07, 6.45) is 5.97. The Hall–Kier alpha value is -7.08. The number of ether oxygens (including phenoxy) is 4. The predicted octanol–water partition coefficient (Wildman–Crippen LogP) is 8.62. The van der Waals surface area contributed by atoms with Crippen LogP contribution in [0.5, 0.6) is 23.0 Å². The van der Waals surface area contributed by atoms with E-state index in [1.807, 2.05) is 108 Å². The van der Waals surface area contributed by atoms with Crippen molar-refractivity contribution < 1.29 is 38.7 Å². The van der Waals surface area contributed by atoms with Gasteiger partial charge in [-0.1, -0.05) is 74.5 Å². The standard InChI is InChI=1S/2C24H23NO5/c2*1-3-17-9-16-10-23(30-14-15-7-5-4-6-8-15)22(29-2)11-18(16)20-12-21(26)19(24(27)28)13-25(17)20/h2*4-8,10-13,17H,3,9,14H2,1-2H3,(H,27,28)/t2*17-/m10/s1. The molecule has 12 heteroatoms. The largest absolute Gasteiger partial charge is 0.493 e. The summed E-state index contributed by atoms with van der Waals surface area (Å²) in [6.45, 7) is 4.94. The van der Waals surface area contributed by atoms with Crippen molar-refractivity contribution >= 4 is 11.9 Å². The van der Waals surface area contributed by atoms with Crippen LogP contribution in [0.2, 0.25) is 0 Å². The highest BCUT2D eigenvalue weighted by atomic mass is 16.5. The number of pyridine rings is 2. The minimum atomic E-state index is -1.21. The second kappa shape index (κ2) is 17.8. The number of carbonyl (C=O) groups is 2. The van der Waals surface area contributed by atoms with Crippen LogP contribution in [0.15, 0.2) is 119 Å². The zero-order valence-electron chi connectivity index (χ0n) is 33.8. The first-order valence-electron chi connectivity index (χ1n) is 19.8. The van der Waals surface area contributed by atoms with E-state index in [0.29, 0.717) is 60.4 Å². The number of rotatable bonds is 12. The Bertz CT molecular complexity index is 2480. The summed E-state index contributed by atoms with van der Waals surface area (Å²) in [6, 6.07) is 30.4. The molecule has 0 bridgehead atoms. The van der Waals surface area contributed by atoms with Crippen molar-refractivity contribution in [1.29, 1.82) is 0 Å². The number of fused-ring (bicyclic) bond motifs is 6. The maximum Gasteiger partial charge on any atom is 0.341 e. The molecular formula is C48H46N2O10. The summed E-state index contributed by atoms with van der Waals surface area (Å²) in [5.74, 6) is 0.0130. The number of aromatic carboxylic acids is 2. The van der Waals surface area contributed by atoms with E-state index in [2.05, 4.69) is 0 Å². The molecule has 0 saturated carbocycles. The van der Waals surface area contributed by atoms with Crippen molar-refractivity contribution in [1.82, 2.24) is 9.13 Å². The van der Waals surface area contributed by atoms with Crippen LogP contribution < -0.4 is 29.8 Å². The van der Waals surface area contributed by atoms with Crippen molar-refractivity contribution in [3.8, 4) is 45.5 Å². The van der Waals surface area contributed by atoms with Crippen LogP contribution in [0.4, 0.5) is 0 Å². The van der Waals surface area contributed by atoms with Crippen LogP contribution in [0.3, 0.4) is 0 Å². The minimum absolute atomic E-state index is 0.0570. The van der Waals surface area contributed by atoms with E-state index in [9.17, 15) is 29.4 Å². The van der Waals surface area contributed by atoms with Crippen LogP contribution in [0.1, 0.15) is 81.7 Å². The summed E-state index contributed by atoms with van der Waals surface area (Å²) < 4.78 is 27.0. The number of carboxylic acids is 2. The Morgan fingerprint density at radius 1 is 0.583 bits per heavy atom. The molecule has 2 aliphatic heterocycles. The average molecular weight is 811 g/mol. The molecule has 308 valence electrons. The third-order valence-corrected chi connectivity index (χ3v) is 11.1. The van der Waals surface area contributed by atoms with E-state index in [1.54, 1.807) is 14.2 Å². The van der Waals surface area contributed by atoms with Gasteiger partial charge in [-0.2, -0.15) is 0 Å². The third kappa shape index (κ3) is 8.40. The van der Waals surface area contributed by atoms with E-state index in [1.165, 1.54) is 24.5 Å². The molecule has 0 saturated heterocycles. The average Bonchev–Trinajstić information content (AvgIpc) is 3.26. The maximum absolute atomic E-state index is 12.4. The highest BCUT2D eigenvalue weighted by molar-refractivity contribution is 5.88. The Morgan fingerprint density at radius 3 is 1.30 bits per heavy atom. The lowest BCUT2D eigenvalue weighted by atomic mass is 9.90. The first kappa shape index (κ1) is 41.1. The van der Waals surface area contributed by atoms with Gasteiger partial charge in [0, 0.05) is 47.7 Å². The van der Waals surface area contributed by atoms with Gasteiger partial charge in [-0.3, -0.25) is 9.59 Å². The normalized spacial score (nSPS) is 14.5. The van der Waals surface area contributed by atoms with Crippen molar-refractivity contribution in [2.24, 2.45) is 0 Å². The number of carboxylic acid groups (broad SMARTS) is 2. The molecule has 2 aromatic heterocycles. The van der Waals surface area contributed by atoms with Gasteiger partial charge in [-0.15, -0.1) is 0 Å². The van der Waals surface area contributed by atoms with E-state index in [-0.39, 0.29) is 23.2 Å². The lowest BCUT2D eigenvalue weighted by Gasteiger charge is -2.31. The fourth-order valence-corrected chi connectivity index (χ4v) is 7.88. The summed E-state index contributed by atoms with van der Waals surface area (Å²) in [7, 11) is 3.16. The molecule has 2 N–H and O–H groups in total. The van der Waals surface area contributed by atoms with Gasteiger partial charge in [-0.25, -0.2) is 9.59 Å². The highest BCUT2D eigenvalue weighted by Crippen LogP contribution is 2.43. The van der Waals surface area contributed by atoms with Gasteiger partial charge >= 0.3 is 11.9 Å². The molecule has 2 atom stereocenters. The van der Waals surface area contributed by atoms with Crippen LogP contribution in [-0.4, -0.2) is 45.5 Å². The molecule has 4 aromatic carbocycles. The van der Waals surface area contributed by atoms with Crippen LogP contribution >= 0.6 is 0 Å². The van der Waals surface area contributed by atoms with Gasteiger partial charge in [0.25, 0.3) is 0 Å². The quantitative estimate of drug-likeness (QED) is 0.123. The van der Waals surface area contributed by atoms with Crippen molar-refractivity contribution in [2.75, 3.05) is 14.2 Å². The Kier molecular flexibility index (Phi) is 12.2. The van der Waals surface area contributed by atoms with Gasteiger partial charge in [0.1, 0.15) is 24.3 Å². The Labute approximate surface area is 346 Å². The maximum atomic E-state index is 12.4. The Balaban J connectivity index is 0.000000181. The fraction of sp³-hybridized carbons (Fsp3) is 0.250. The van der Waals surface area contributed by atoms with Gasteiger partial charge in [0.15, 0.2) is 33.9 Å². The monoisotopic (exact) mass is 810 g/mol. The summed E-state index contributed by atoms with van der Waals surface area (Å²) in [5, 5.41) is 18.7. The molecule has 8 rings (SSSR count). The number of hydrogen-bond donors (Lipinski definition) is 2. The number of methoxy groups -OCH3 is 2. The number of nitrogens with zero attached hydrogens (tertiary/aromatic N) is 2. The zero-order valence-corrected chi connectivity index (χ0v) is 33.8. The molecule has 0 spiro atoms. The second-order valence-corrected chi connectivity index (χ2v) is 14.7. The minimum Gasteiger partial charge on any atom is -0.493 e. The van der Waals surface area contributed by atoms with Crippen LogP contribution in [0.25, 0.3) is 22.5 Å². The zero-order chi connectivity index (χ0) is 42.5. The summed E-state index contributed by atoms with van der Waals surface area (Å²) in [5.41, 5.74) is 5.91. The summed E-state index contributed by atoms with van der Waals surface area (Å²) >= 11 is 0. The lowest BCUT2D eigenvalue weighted by molar-refractivity contribution is 0.0683. The molecular weight excluding hydrogens is 765 g/mol. The predicted molar refractivity (Wildman–Crippen MR) is 227 cm³/mol. The topological polar surface area (TPSA) is 156 Å². The van der Waals surface area contributed by atoms with Crippen molar-refractivity contribution in [2.45, 2.75) is 64.8 Å². The van der Waals surface area contributed by atoms with E-state index < -0.39 is 22.8 Å². The molecule has 2 aliphatic rings. The third-order valence-electron chi connectivity index (χ3n) is 11.1. The summed E-state index contributed by atoms with van der Waals surface area (Å²) in [4.78, 5) is 47.6. The molecule has 0 radical (unpaired) electrons. The van der Waals surface area contributed by atoms with E-state index in [0.717, 1.165) is 46.2 Å². The molecule has 0 unspecified atom stereocenters. The molecule has 0 aliphatic carbocycles. The van der Waals surface area contributed by atoms with Gasteiger partial charge in [0.2, 0.25) is 0 Å². The molecule has 0 fully saturated rings. The SMILES string of the molecule is CC[C@@H]1Cc2cc(OCc3ccccc3)c(OC)cc2-c2cc(=O)c(C(=O)O)cn21.CC[C@H]1Cc2cc(OCc3ccccc3)c(OC)cc2-c2cc(=O)c(C(=O)O)cn21. The highest BCUT2D eigenvalue weighted by Gasteiger charge is 2.29. The fourth-order valence-electron chi connectivity index (χ4n) is 7.88. The lowest BCUT2D eigenvalue weighted by Crippen LogP contribution is -2.25. The van der Waals surface area contributed by atoms with Gasteiger partial charge in [-0.05, 0) is 72.2 Å². The Morgan fingerprint density at radius 2 is 0.967 bits per heavy atom. The first-order valence-corrected chi connectivity index (χ1v) is 19.8. The van der Waals surface area contributed by atoms with Crippen LogP contribution in [0, 0.1) is 0 Å². The number of hydrogen-bond acceptors (Lipinski definition) is 8. The molecule has 12 nitrogen and oxygen atoms in total. The second-order valence-electron chi connectivity index (χ2n) is 14.7. The van der Waals surface area contributed by atoms with Crippen LogP contribution in [-0.2, 0) is 26.1 Å². The molecule has 6 aromatic rings. The van der Waals surface area contributed by atoms with E-state index >= 15 is 0 Å². The molecule has 0 amide bonds. The smallest absolute Gasteiger partial charge is 0.341 e.